The van der Waals surface area contributed by atoms with Gasteiger partial charge in [-0.2, -0.15) is 0 Å². The molecule has 2 N–H and O–H groups in total. The van der Waals surface area contributed by atoms with Gasteiger partial charge < -0.3 is 10.2 Å². The minimum absolute atomic E-state index is 0.126. The molecule has 29 heavy (non-hydrogen) atoms. The highest BCUT2D eigenvalue weighted by atomic mass is 16.4. The number of aliphatic hydroxyl groups is 1. The summed E-state index contributed by atoms with van der Waals surface area (Å²) >= 11 is 0. The standard InChI is InChI=1S/C26H44O3/c1-5-17-19-8-6-7-14-25(19,3)21-13-15-26(4)18(16(2)9-12-22(27)28)10-11-20(26)23(21)24(17)29/h16-21,23-24,29H,5-15H2,1-4H3,(H,27,28). The highest BCUT2D eigenvalue weighted by molar-refractivity contribution is 5.66. The van der Waals surface area contributed by atoms with Crippen molar-refractivity contribution in [1.29, 1.82) is 0 Å². The van der Waals surface area contributed by atoms with Gasteiger partial charge in [0.05, 0.1) is 6.10 Å². The molecule has 0 aromatic carbocycles. The van der Waals surface area contributed by atoms with Crippen molar-refractivity contribution in [3.05, 3.63) is 0 Å². The van der Waals surface area contributed by atoms with Crippen molar-refractivity contribution in [3.8, 4) is 0 Å². The fraction of sp³-hybridized carbons (Fsp3) is 0.962. The minimum atomic E-state index is -0.662. The Morgan fingerprint density at radius 3 is 2.41 bits per heavy atom. The van der Waals surface area contributed by atoms with E-state index in [-0.39, 0.29) is 11.5 Å². The van der Waals surface area contributed by atoms with Gasteiger partial charge in [0.25, 0.3) is 0 Å². The summed E-state index contributed by atoms with van der Waals surface area (Å²) in [6.45, 7) is 9.69. The molecule has 4 saturated carbocycles. The monoisotopic (exact) mass is 404 g/mol. The summed E-state index contributed by atoms with van der Waals surface area (Å²) in [7, 11) is 0. The fourth-order valence-corrected chi connectivity index (χ4v) is 9.57. The maximum Gasteiger partial charge on any atom is 0.303 e. The van der Waals surface area contributed by atoms with Gasteiger partial charge >= 0.3 is 5.97 Å². The van der Waals surface area contributed by atoms with Crippen LogP contribution < -0.4 is 0 Å². The van der Waals surface area contributed by atoms with E-state index in [9.17, 15) is 9.90 Å². The number of aliphatic hydroxyl groups excluding tert-OH is 1. The van der Waals surface area contributed by atoms with E-state index >= 15 is 0 Å². The number of hydrogen-bond acceptors (Lipinski definition) is 2. The molecule has 10 atom stereocenters. The molecule has 4 rings (SSSR count). The van der Waals surface area contributed by atoms with Crippen LogP contribution in [0.5, 0.6) is 0 Å². The summed E-state index contributed by atoms with van der Waals surface area (Å²) in [5.74, 6) is 3.41. The molecule has 0 aromatic heterocycles. The lowest BCUT2D eigenvalue weighted by molar-refractivity contribution is -0.194. The smallest absolute Gasteiger partial charge is 0.303 e. The number of carbonyl (C=O) groups is 1. The molecule has 0 bridgehead atoms. The first-order valence-electron chi connectivity index (χ1n) is 12.6. The van der Waals surface area contributed by atoms with Crippen LogP contribution in [-0.2, 0) is 4.79 Å². The highest BCUT2D eigenvalue weighted by Gasteiger charge is 2.64. The van der Waals surface area contributed by atoms with Gasteiger partial charge in [-0.3, -0.25) is 4.79 Å². The third kappa shape index (κ3) is 3.29. The van der Waals surface area contributed by atoms with Crippen molar-refractivity contribution >= 4 is 5.97 Å². The normalized spacial score (nSPS) is 50.3. The predicted octanol–water partition coefficient (Wildman–Crippen LogP) is 6.14. The van der Waals surface area contributed by atoms with Crippen molar-refractivity contribution in [2.75, 3.05) is 0 Å². The lowest BCUT2D eigenvalue weighted by Gasteiger charge is -2.64. The Labute approximate surface area is 178 Å². The van der Waals surface area contributed by atoms with E-state index in [1.54, 1.807) is 0 Å². The molecule has 0 aromatic rings. The summed E-state index contributed by atoms with van der Waals surface area (Å²) in [5, 5.41) is 20.9. The largest absolute Gasteiger partial charge is 0.481 e. The zero-order valence-electron chi connectivity index (χ0n) is 19.2. The highest BCUT2D eigenvalue weighted by Crippen LogP contribution is 2.69. The van der Waals surface area contributed by atoms with Gasteiger partial charge in [0, 0.05) is 6.42 Å². The Kier molecular flexibility index (Phi) is 5.86. The molecule has 10 unspecified atom stereocenters. The molecule has 0 amide bonds. The second-order valence-electron chi connectivity index (χ2n) is 11.8. The van der Waals surface area contributed by atoms with Gasteiger partial charge in [-0.15, -0.1) is 0 Å². The summed E-state index contributed by atoms with van der Waals surface area (Å²) in [5.41, 5.74) is 0.716. The minimum Gasteiger partial charge on any atom is -0.481 e. The number of rotatable bonds is 5. The molecule has 0 heterocycles. The first-order chi connectivity index (χ1) is 13.7. The van der Waals surface area contributed by atoms with Crippen LogP contribution in [0.1, 0.15) is 98.3 Å². The van der Waals surface area contributed by atoms with Crippen molar-refractivity contribution in [1.82, 2.24) is 0 Å². The Bertz CT molecular complexity index is 617. The van der Waals surface area contributed by atoms with Crippen LogP contribution in [0.3, 0.4) is 0 Å². The Morgan fingerprint density at radius 2 is 1.72 bits per heavy atom. The first kappa shape index (κ1) is 21.7. The van der Waals surface area contributed by atoms with Crippen molar-refractivity contribution < 1.29 is 15.0 Å². The van der Waals surface area contributed by atoms with Gasteiger partial charge in [-0.25, -0.2) is 0 Å². The summed E-state index contributed by atoms with van der Waals surface area (Å²) in [4.78, 5) is 11.1. The summed E-state index contributed by atoms with van der Waals surface area (Å²) in [6, 6.07) is 0. The molecule has 3 heteroatoms. The second kappa shape index (κ2) is 7.84. The molecule has 166 valence electrons. The van der Waals surface area contributed by atoms with Gasteiger partial charge in [-0.05, 0) is 97.2 Å². The van der Waals surface area contributed by atoms with Crippen molar-refractivity contribution in [2.45, 2.75) is 104 Å². The number of carboxylic acids is 1. The van der Waals surface area contributed by atoms with Gasteiger partial charge in [-0.1, -0.05) is 47.0 Å². The van der Waals surface area contributed by atoms with Crippen LogP contribution in [-0.4, -0.2) is 22.3 Å². The Morgan fingerprint density at radius 1 is 1.00 bits per heavy atom. The molecule has 0 saturated heterocycles. The average Bonchev–Trinajstić information content (AvgIpc) is 3.04. The van der Waals surface area contributed by atoms with Crippen LogP contribution >= 0.6 is 0 Å². The number of hydrogen-bond donors (Lipinski definition) is 2. The Hall–Kier alpha value is -0.570. The quantitative estimate of drug-likeness (QED) is 0.578. The maximum absolute atomic E-state index is 11.7. The molecule has 4 aliphatic carbocycles. The first-order valence-corrected chi connectivity index (χ1v) is 12.6. The lowest BCUT2D eigenvalue weighted by atomic mass is 9.41. The van der Waals surface area contributed by atoms with E-state index in [1.165, 1.54) is 51.4 Å². The van der Waals surface area contributed by atoms with E-state index in [0.717, 1.165) is 12.8 Å². The maximum atomic E-state index is 11.7. The van der Waals surface area contributed by atoms with E-state index in [2.05, 4.69) is 27.7 Å². The van der Waals surface area contributed by atoms with Gasteiger partial charge in [0.2, 0.25) is 0 Å². The third-order valence-electron chi connectivity index (χ3n) is 10.9. The van der Waals surface area contributed by atoms with E-state index in [0.29, 0.717) is 53.3 Å². The van der Waals surface area contributed by atoms with E-state index in [4.69, 9.17) is 5.11 Å². The molecule has 3 nitrogen and oxygen atoms in total. The zero-order chi connectivity index (χ0) is 21.0. The van der Waals surface area contributed by atoms with E-state index in [1.807, 2.05) is 0 Å². The third-order valence-corrected chi connectivity index (χ3v) is 10.9. The van der Waals surface area contributed by atoms with Gasteiger partial charge in [0.1, 0.15) is 0 Å². The molecule has 0 radical (unpaired) electrons. The molecular weight excluding hydrogens is 360 g/mol. The fourth-order valence-electron chi connectivity index (χ4n) is 9.57. The van der Waals surface area contributed by atoms with Crippen LogP contribution in [0.4, 0.5) is 0 Å². The Balaban J connectivity index is 1.61. The molecule has 4 aliphatic rings. The lowest BCUT2D eigenvalue weighted by Crippen LogP contribution is -2.61. The summed E-state index contributed by atoms with van der Waals surface area (Å²) in [6.07, 6.45) is 12.5. The molecular formula is C26H44O3. The van der Waals surface area contributed by atoms with Gasteiger partial charge in [0.15, 0.2) is 0 Å². The van der Waals surface area contributed by atoms with Crippen LogP contribution in [0, 0.1) is 52.3 Å². The average molecular weight is 405 g/mol. The second-order valence-corrected chi connectivity index (χ2v) is 11.8. The zero-order valence-corrected chi connectivity index (χ0v) is 19.2. The number of aliphatic carboxylic acids is 1. The van der Waals surface area contributed by atoms with Crippen molar-refractivity contribution in [3.63, 3.8) is 0 Å². The van der Waals surface area contributed by atoms with Crippen LogP contribution in [0.2, 0.25) is 0 Å². The number of carboxylic acid groups (broad SMARTS) is 1. The predicted molar refractivity (Wildman–Crippen MR) is 116 cm³/mol. The van der Waals surface area contributed by atoms with E-state index < -0.39 is 5.97 Å². The van der Waals surface area contributed by atoms with Crippen LogP contribution in [0.25, 0.3) is 0 Å². The molecule has 0 aliphatic heterocycles. The van der Waals surface area contributed by atoms with Crippen molar-refractivity contribution in [2.24, 2.45) is 52.3 Å². The van der Waals surface area contributed by atoms with Crippen LogP contribution in [0.15, 0.2) is 0 Å². The summed E-state index contributed by atoms with van der Waals surface area (Å²) < 4.78 is 0. The molecule has 0 spiro atoms. The number of fused-ring (bicyclic) bond motifs is 5. The molecule has 4 fully saturated rings. The SMILES string of the molecule is CCC1C(O)C2C3CCC(C(C)CCC(=O)O)C3(C)CCC2C2(C)CCCCC12. The topological polar surface area (TPSA) is 57.5 Å².